The van der Waals surface area contributed by atoms with Crippen LogP contribution in [0.1, 0.15) is 104 Å². The molecule has 16 heteroatoms. The highest BCUT2D eigenvalue weighted by molar-refractivity contribution is 7.91. The van der Waals surface area contributed by atoms with Crippen LogP contribution >= 0.6 is 0 Å². The van der Waals surface area contributed by atoms with E-state index in [1.807, 2.05) is 70.2 Å². The first kappa shape index (κ1) is 42.1. The van der Waals surface area contributed by atoms with Crippen molar-refractivity contribution >= 4 is 33.8 Å². The molecule has 1 saturated heterocycles. The molecule has 0 spiro atoms. The highest BCUT2D eigenvalue weighted by atomic mass is 32.2. The van der Waals surface area contributed by atoms with Gasteiger partial charge in [0.2, 0.25) is 21.8 Å². The van der Waals surface area contributed by atoms with E-state index in [9.17, 15) is 27.6 Å². The van der Waals surface area contributed by atoms with Gasteiger partial charge in [-0.05, 0) is 73.6 Å². The summed E-state index contributed by atoms with van der Waals surface area (Å²) >= 11 is 0. The fourth-order valence-electron chi connectivity index (χ4n) is 8.45. The molecule has 0 unspecified atom stereocenters. The van der Waals surface area contributed by atoms with Gasteiger partial charge in [-0.25, -0.2) is 13.2 Å². The molecule has 3 fully saturated rings. The first-order valence-corrected chi connectivity index (χ1v) is 22.5. The zero-order chi connectivity index (χ0) is 42.1. The van der Waals surface area contributed by atoms with Crippen LogP contribution in [0, 0.1) is 11.3 Å². The zero-order valence-electron chi connectivity index (χ0n) is 34.7. The van der Waals surface area contributed by atoms with E-state index in [2.05, 4.69) is 21.4 Å². The van der Waals surface area contributed by atoms with Crippen molar-refractivity contribution in [3.05, 3.63) is 54.1 Å². The number of aryl methyl sites for hydroxylation is 1. The minimum atomic E-state index is -3.88. The molecule has 4 aliphatic rings. The number of methoxy groups -OCH3 is 1. The Balaban J connectivity index is 1.28. The van der Waals surface area contributed by atoms with Gasteiger partial charge in [-0.2, -0.15) is 15.0 Å². The van der Waals surface area contributed by atoms with Crippen LogP contribution in [0.2, 0.25) is 0 Å². The minimum absolute atomic E-state index is 0.0168. The zero-order valence-corrected chi connectivity index (χ0v) is 35.5. The molecule has 2 saturated carbocycles. The predicted molar refractivity (Wildman–Crippen MR) is 220 cm³/mol. The largest absolute Gasteiger partial charge is 0.496 e. The van der Waals surface area contributed by atoms with Gasteiger partial charge < -0.3 is 25.0 Å². The molecular weight excluding hydrogens is 775 g/mol. The molecule has 2 aromatic carbocycles. The predicted octanol–water partition coefficient (Wildman–Crippen LogP) is 5.30. The van der Waals surface area contributed by atoms with Crippen molar-refractivity contribution in [1.82, 2.24) is 35.2 Å². The summed E-state index contributed by atoms with van der Waals surface area (Å²) in [7, 11) is -2.22. The smallest absolute Gasteiger partial charge is 0.407 e. The second-order valence-corrected chi connectivity index (χ2v) is 19.5. The number of nitrogens with one attached hydrogen (secondary N) is 3. The van der Waals surface area contributed by atoms with Gasteiger partial charge in [0.05, 0.1) is 25.0 Å². The normalized spacial score (nSPS) is 25.5. The summed E-state index contributed by atoms with van der Waals surface area (Å²) in [5.41, 5.74) is 1.74. The Morgan fingerprint density at radius 2 is 1.68 bits per heavy atom. The highest BCUT2D eigenvalue weighted by Crippen LogP contribution is 2.47. The molecule has 1 aromatic heterocycles. The van der Waals surface area contributed by atoms with Gasteiger partial charge in [0.25, 0.3) is 5.91 Å². The molecule has 318 valence electrons. The summed E-state index contributed by atoms with van der Waals surface area (Å²) < 4.78 is 39.2. The van der Waals surface area contributed by atoms with Gasteiger partial charge >= 0.3 is 6.09 Å². The Morgan fingerprint density at radius 3 is 2.34 bits per heavy atom. The van der Waals surface area contributed by atoms with Gasteiger partial charge in [0, 0.05) is 24.1 Å². The van der Waals surface area contributed by atoms with Crippen molar-refractivity contribution in [1.29, 1.82) is 0 Å². The van der Waals surface area contributed by atoms with Crippen LogP contribution < -0.4 is 20.1 Å². The maximum Gasteiger partial charge on any atom is 0.407 e. The molecule has 7 rings (SSSR count). The third-order valence-electron chi connectivity index (χ3n) is 12.2. The lowest BCUT2D eigenvalue weighted by molar-refractivity contribution is -0.142. The van der Waals surface area contributed by atoms with Gasteiger partial charge in [-0.3, -0.25) is 19.1 Å². The van der Waals surface area contributed by atoms with E-state index >= 15 is 0 Å². The maximum absolute atomic E-state index is 14.8. The van der Waals surface area contributed by atoms with Crippen LogP contribution in [0.5, 0.6) is 5.75 Å². The number of sulfonamides is 1. The Hall–Kier alpha value is -4.99. The summed E-state index contributed by atoms with van der Waals surface area (Å²) in [5, 5.41) is 15.2. The van der Waals surface area contributed by atoms with E-state index in [1.54, 1.807) is 11.9 Å². The van der Waals surface area contributed by atoms with Crippen molar-refractivity contribution in [2.75, 3.05) is 20.3 Å². The summed E-state index contributed by atoms with van der Waals surface area (Å²) in [6.45, 7) is 7.57. The number of benzene rings is 2. The number of nitrogens with zero attached hydrogens (tertiary/aromatic N) is 4. The molecule has 3 aromatic rings. The fourth-order valence-corrected chi connectivity index (χ4v) is 9.81. The lowest BCUT2D eigenvalue weighted by Crippen LogP contribution is -2.60. The third kappa shape index (κ3) is 9.12. The van der Waals surface area contributed by atoms with Gasteiger partial charge in [0.1, 0.15) is 34.8 Å². The Bertz CT molecular complexity index is 2170. The Morgan fingerprint density at radius 1 is 0.983 bits per heavy atom. The molecule has 0 radical (unpaired) electrons. The average Bonchev–Trinajstić information content (AvgIpc) is 4.10. The number of aromatic nitrogens is 3. The van der Waals surface area contributed by atoms with Crippen molar-refractivity contribution in [3.63, 3.8) is 0 Å². The van der Waals surface area contributed by atoms with Crippen LogP contribution in [0.15, 0.2) is 48.5 Å². The van der Waals surface area contributed by atoms with Crippen LogP contribution in [0.25, 0.3) is 22.5 Å². The van der Waals surface area contributed by atoms with Crippen LogP contribution in [0.3, 0.4) is 0 Å². The van der Waals surface area contributed by atoms with Gasteiger partial charge in [-0.15, -0.1) is 0 Å². The molecule has 2 aliphatic carbocycles. The Labute approximate surface area is 346 Å². The molecule has 5 atom stereocenters. The first-order valence-electron chi connectivity index (χ1n) is 21.0. The van der Waals surface area contributed by atoms with Gasteiger partial charge in [0.15, 0.2) is 0 Å². The number of alkyl carbamates (subject to hydrolysis) is 1. The number of hydrogen-bond acceptors (Lipinski definition) is 10. The number of carbonyl (C=O) groups is 4. The topological polar surface area (TPSA) is 191 Å². The number of cyclic esters (lactones) is 1. The third-order valence-corrected chi connectivity index (χ3v) is 14.0. The van der Waals surface area contributed by atoms with Crippen LogP contribution in [-0.4, -0.2) is 95.3 Å². The second-order valence-electron chi connectivity index (χ2n) is 17.5. The number of hydrogen-bond donors (Lipinski definition) is 3. The van der Waals surface area contributed by atoms with Crippen molar-refractivity contribution in [2.45, 2.75) is 127 Å². The van der Waals surface area contributed by atoms with Crippen molar-refractivity contribution < 1.29 is 37.1 Å². The lowest BCUT2D eigenvalue weighted by Gasteiger charge is -2.35. The molecule has 3 heterocycles. The van der Waals surface area contributed by atoms with E-state index < -0.39 is 68.2 Å². The highest BCUT2D eigenvalue weighted by Gasteiger charge is 2.62. The maximum atomic E-state index is 14.8. The van der Waals surface area contributed by atoms with E-state index in [4.69, 9.17) is 19.7 Å². The minimum Gasteiger partial charge on any atom is -0.496 e. The number of amides is 4. The molecule has 2 aliphatic heterocycles. The monoisotopic (exact) mass is 831 g/mol. The average molecular weight is 832 g/mol. The number of fused-ring (bicyclic) bond motifs is 8. The molecular formula is C43H57N7O8S. The summed E-state index contributed by atoms with van der Waals surface area (Å²) in [5.74, 6) is -1.38. The lowest BCUT2D eigenvalue weighted by atomic mass is 9.85. The molecule has 3 N–H and O–H groups in total. The summed E-state index contributed by atoms with van der Waals surface area (Å²) in [6.07, 6.45) is 6.32. The molecule has 6 bridgehead atoms. The summed E-state index contributed by atoms with van der Waals surface area (Å²) in [4.78, 5) is 59.4. The van der Waals surface area contributed by atoms with Gasteiger partial charge in [-0.1, -0.05) is 83.7 Å². The van der Waals surface area contributed by atoms with E-state index in [-0.39, 0.29) is 31.9 Å². The van der Waals surface area contributed by atoms with Crippen LogP contribution in [-0.2, 0) is 35.6 Å². The van der Waals surface area contributed by atoms with Crippen molar-refractivity contribution in [2.24, 2.45) is 11.3 Å². The van der Waals surface area contributed by atoms with Crippen LogP contribution in [0.4, 0.5) is 4.79 Å². The fraction of sp³-hybridized carbons (Fsp3) is 0.581. The first-order chi connectivity index (χ1) is 28.1. The quantitative estimate of drug-likeness (QED) is 0.269. The number of rotatable bonds is 8. The summed E-state index contributed by atoms with van der Waals surface area (Å²) in [6, 6.07) is 12.9. The number of ether oxygens (including phenoxy) is 2. The SMILES string of the molecule is CC[C@@H]1C[C@]1(NC(=O)[C@@H]1C[C@@H]2CN1C(=O)[C@H](C(C)(C)C)NC(=O)OCCCCCCCc1cc(ccc1OC)-c1nn2nc1-c1ccccc1)C(=O)NS(=O)(=O)C1CC1. The van der Waals surface area contributed by atoms with E-state index in [1.165, 1.54) is 4.90 Å². The standard InChI is InChI=1S/C43H57N7O8S/c1-6-30-25-43(30,40(53)48-59(55,56)32-19-20-32)45-38(51)33-24-31-26-49(33)39(52)37(42(2,3)4)44-41(54)58-22-14-9-7-8-11-17-28-23-29(18-21-34(28)57-5)36-35(46-50(31)47-36)27-15-12-10-13-16-27/h10,12-13,15-16,18,21,23,30-33,37H,6-9,11,14,17,19-20,22,24-26H2,1-5H3,(H,44,54)(H,45,51)(H,48,53)/t30-,31-,33+,37-,43-/m1/s1. The van der Waals surface area contributed by atoms with E-state index in [0.717, 1.165) is 54.5 Å². The molecule has 59 heavy (non-hydrogen) atoms. The molecule has 4 amide bonds. The van der Waals surface area contributed by atoms with Crippen molar-refractivity contribution in [3.8, 4) is 28.3 Å². The Kier molecular flexibility index (Phi) is 12.1. The molecule has 15 nitrogen and oxygen atoms in total. The van der Waals surface area contributed by atoms with E-state index in [0.29, 0.717) is 37.1 Å². The number of carbonyl (C=O) groups excluding carboxylic acids is 4. The second kappa shape index (κ2) is 16.9.